The number of benzene rings is 1. The molecule has 0 atom stereocenters. The van der Waals surface area contributed by atoms with Gasteiger partial charge in [-0.15, -0.1) is 5.10 Å². The topological polar surface area (TPSA) is 135 Å². The average molecular weight is 356 g/mol. The molecule has 2 amide bonds. The molecule has 3 N–H and O–H groups in total. The van der Waals surface area contributed by atoms with E-state index in [0.29, 0.717) is 22.6 Å². The fraction of sp³-hybridized carbons (Fsp3) is 0.312. The van der Waals surface area contributed by atoms with Crippen molar-refractivity contribution in [3.63, 3.8) is 0 Å². The number of anilines is 2. The molecule has 1 aromatic carbocycles. The molecule has 0 unspecified atom stereocenters. The Kier molecular flexibility index (Phi) is 3.99. The maximum Gasteiger partial charge on any atom is 0.417 e. The van der Waals surface area contributed by atoms with E-state index in [9.17, 15) is 14.4 Å². The Hall–Kier alpha value is -3.43. The maximum atomic E-state index is 12.1. The second kappa shape index (κ2) is 6.47. The molecule has 1 aliphatic carbocycles. The standard InChI is InChI=1S/C16H16N6O4/c23-14(17-10-4-5-12-11(6-10)18-16(25)26-12)8-22-7-13(20-21-22)19-15(24)9-2-1-3-9/h4-7,9H,1-3,8H2,(H,17,23)(H,18,25)(H,19,24). The van der Waals surface area contributed by atoms with E-state index in [0.717, 1.165) is 19.3 Å². The lowest BCUT2D eigenvalue weighted by atomic mass is 9.85. The lowest BCUT2D eigenvalue weighted by Gasteiger charge is -2.23. The minimum absolute atomic E-state index is 0.0488. The Balaban J connectivity index is 1.36. The Morgan fingerprint density at radius 1 is 1.31 bits per heavy atom. The number of oxazole rings is 1. The van der Waals surface area contributed by atoms with Gasteiger partial charge in [0.2, 0.25) is 11.8 Å². The summed E-state index contributed by atoms with van der Waals surface area (Å²) >= 11 is 0. The van der Waals surface area contributed by atoms with Gasteiger partial charge < -0.3 is 15.1 Å². The number of fused-ring (bicyclic) bond motifs is 1. The monoisotopic (exact) mass is 356 g/mol. The van der Waals surface area contributed by atoms with Crippen LogP contribution in [0, 0.1) is 5.92 Å². The molecule has 0 radical (unpaired) electrons. The molecule has 0 saturated heterocycles. The summed E-state index contributed by atoms with van der Waals surface area (Å²) in [7, 11) is 0. The summed E-state index contributed by atoms with van der Waals surface area (Å²) in [6.45, 7) is -0.0633. The van der Waals surface area contributed by atoms with Crippen molar-refractivity contribution in [3.05, 3.63) is 34.9 Å². The van der Waals surface area contributed by atoms with Crippen LogP contribution in [0.25, 0.3) is 11.1 Å². The summed E-state index contributed by atoms with van der Waals surface area (Å²) in [5.74, 6) is -0.561. The number of aromatic nitrogens is 4. The first-order valence-corrected chi connectivity index (χ1v) is 8.20. The van der Waals surface area contributed by atoms with Crippen LogP contribution in [0.1, 0.15) is 19.3 Å². The van der Waals surface area contributed by atoms with Crippen molar-refractivity contribution in [3.8, 4) is 0 Å². The third kappa shape index (κ3) is 3.34. The third-order valence-corrected chi connectivity index (χ3v) is 4.27. The van der Waals surface area contributed by atoms with Gasteiger partial charge in [0.1, 0.15) is 6.54 Å². The van der Waals surface area contributed by atoms with Crippen LogP contribution < -0.4 is 16.4 Å². The predicted molar refractivity (Wildman–Crippen MR) is 91.5 cm³/mol. The first-order chi connectivity index (χ1) is 12.6. The Labute approximate surface area is 146 Å². The zero-order chi connectivity index (χ0) is 18.1. The minimum atomic E-state index is -0.553. The molecule has 134 valence electrons. The lowest BCUT2D eigenvalue weighted by Crippen LogP contribution is -2.28. The SMILES string of the molecule is O=C(Cn1cc(NC(=O)C2CCC2)nn1)Nc1ccc2oc(=O)[nH]c2c1. The largest absolute Gasteiger partial charge is 0.417 e. The summed E-state index contributed by atoms with van der Waals surface area (Å²) in [5.41, 5.74) is 1.42. The molecule has 1 fully saturated rings. The zero-order valence-electron chi connectivity index (χ0n) is 13.7. The van der Waals surface area contributed by atoms with E-state index in [1.165, 1.54) is 10.9 Å². The summed E-state index contributed by atoms with van der Waals surface area (Å²) < 4.78 is 6.24. The molecule has 1 aliphatic rings. The molecule has 0 spiro atoms. The molecule has 0 bridgehead atoms. The zero-order valence-corrected chi connectivity index (χ0v) is 13.7. The fourth-order valence-corrected chi connectivity index (χ4v) is 2.71. The van der Waals surface area contributed by atoms with Gasteiger partial charge in [-0.25, -0.2) is 9.48 Å². The third-order valence-electron chi connectivity index (χ3n) is 4.27. The number of nitrogens with zero attached hydrogens (tertiary/aromatic N) is 3. The molecule has 4 rings (SSSR count). The van der Waals surface area contributed by atoms with Crippen LogP contribution in [0.2, 0.25) is 0 Å². The van der Waals surface area contributed by atoms with Crippen LogP contribution in [0.3, 0.4) is 0 Å². The predicted octanol–water partition coefficient (Wildman–Crippen LogP) is 1.09. The second-order valence-corrected chi connectivity index (χ2v) is 6.19. The number of carbonyl (C=O) groups is 2. The average Bonchev–Trinajstić information content (AvgIpc) is 3.10. The number of H-pyrrole nitrogens is 1. The van der Waals surface area contributed by atoms with Crippen molar-refractivity contribution in [1.29, 1.82) is 0 Å². The van der Waals surface area contributed by atoms with Gasteiger partial charge in [-0.3, -0.25) is 14.6 Å². The van der Waals surface area contributed by atoms with Gasteiger partial charge in [0, 0.05) is 11.6 Å². The Morgan fingerprint density at radius 2 is 2.15 bits per heavy atom. The van der Waals surface area contributed by atoms with E-state index in [1.807, 2.05) is 0 Å². The van der Waals surface area contributed by atoms with Crippen molar-refractivity contribution in [2.75, 3.05) is 10.6 Å². The highest BCUT2D eigenvalue weighted by Crippen LogP contribution is 2.27. The number of amides is 2. The van der Waals surface area contributed by atoms with Crippen molar-refractivity contribution < 1.29 is 14.0 Å². The minimum Gasteiger partial charge on any atom is -0.408 e. The molecule has 26 heavy (non-hydrogen) atoms. The highest BCUT2D eigenvalue weighted by molar-refractivity contribution is 5.93. The number of aromatic amines is 1. The molecular formula is C16H16N6O4. The molecule has 10 nitrogen and oxygen atoms in total. The van der Waals surface area contributed by atoms with Gasteiger partial charge >= 0.3 is 5.76 Å². The normalized spacial score (nSPS) is 14.2. The maximum absolute atomic E-state index is 12.1. The van der Waals surface area contributed by atoms with E-state index < -0.39 is 5.76 Å². The summed E-state index contributed by atoms with van der Waals surface area (Å²) in [6, 6.07) is 4.82. The Bertz CT molecular complexity index is 1030. The van der Waals surface area contributed by atoms with Crippen molar-refractivity contribution >= 4 is 34.4 Å². The van der Waals surface area contributed by atoms with Crippen molar-refractivity contribution in [1.82, 2.24) is 20.0 Å². The van der Waals surface area contributed by atoms with Crippen LogP contribution in [0.4, 0.5) is 11.5 Å². The molecular weight excluding hydrogens is 340 g/mol. The van der Waals surface area contributed by atoms with Crippen LogP contribution in [0.15, 0.2) is 33.6 Å². The highest BCUT2D eigenvalue weighted by Gasteiger charge is 2.25. The first-order valence-electron chi connectivity index (χ1n) is 8.20. The van der Waals surface area contributed by atoms with Crippen LogP contribution in [0.5, 0.6) is 0 Å². The van der Waals surface area contributed by atoms with E-state index in [4.69, 9.17) is 4.42 Å². The number of hydrogen-bond donors (Lipinski definition) is 3. The van der Waals surface area contributed by atoms with Crippen molar-refractivity contribution in [2.45, 2.75) is 25.8 Å². The van der Waals surface area contributed by atoms with E-state index in [-0.39, 0.29) is 24.3 Å². The number of nitrogens with one attached hydrogen (secondary N) is 3. The van der Waals surface area contributed by atoms with E-state index >= 15 is 0 Å². The molecule has 0 aliphatic heterocycles. The quantitative estimate of drug-likeness (QED) is 0.626. The smallest absolute Gasteiger partial charge is 0.408 e. The van der Waals surface area contributed by atoms with Gasteiger partial charge in [-0.05, 0) is 31.0 Å². The molecule has 2 aromatic heterocycles. The van der Waals surface area contributed by atoms with Gasteiger partial charge in [0.15, 0.2) is 11.4 Å². The number of hydrogen-bond acceptors (Lipinski definition) is 6. The Morgan fingerprint density at radius 3 is 2.92 bits per heavy atom. The van der Waals surface area contributed by atoms with Crippen LogP contribution >= 0.6 is 0 Å². The number of carbonyl (C=O) groups excluding carboxylic acids is 2. The van der Waals surface area contributed by atoms with Crippen LogP contribution in [-0.4, -0.2) is 31.8 Å². The van der Waals surface area contributed by atoms with Gasteiger partial charge in [0.05, 0.1) is 11.7 Å². The molecule has 10 heteroatoms. The summed E-state index contributed by atoms with van der Waals surface area (Å²) in [6.07, 6.45) is 4.37. The fourth-order valence-electron chi connectivity index (χ4n) is 2.71. The second-order valence-electron chi connectivity index (χ2n) is 6.19. The van der Waals surface area contributed by atoms with Gasteiger partial charge in [-0.2, -0.15) is 0 Å². The highest BCUT2D eigenvalue weighted by atomic mass is 16.4. The molecule has 2 heterocycles. The lowest BCUT2D eigenvalue weighted by molar-refractivity contribution is -0.122. The van der Waals surface area contributed by atoms with E-state index in [1.54, 1.807) is 18.2 Å². The van der Waals surface area contributed by atoms with Gasteiger partial charge in [0.25, 0.3) is 0 Å². The van der Waals surface area contributed by atoms with Crippen LogP contribution in [-0.2, 0) is 16.1 Å². The first kappa shape index (κ1) is 16.1. The molecule has 1 saturated carbocycles. The molecule has 3 aromatic rings. The summed E-state index contributed by atoms with van der Waals surface area (Å²) in [5, 5.41) is 13.1. The van der Waals surface area contributed by atoms with Gasteiger partial charge in [-0.1, -0.05) is 11.6 Å². The van der Waals surface area contributed by atoms with E-state index in [2.05, 4.69) is 25.9 Å². The van der Waals surface area contributed by atoms with Crippen molar-refractivity contribution in [2.24, 2.45) is 5.92 Å². The number of rotatable bonds is 5. The summed E-state index contributed by atoms with van der Waals surface area (Å²) in [4.78, 5) is 37.7.